The van der Waals surface area contributed by atoms with Gasteiger partial charge in [0.25, 0.3) is 0 Å². The first kappa shape index (κ1) is 24.2. The van der Waals surface area contributed by atoms with Gasteiger partial charge in [-0.15, -0.1) is 0 Å². The Morgan fingerprint density at radius 3 is 2.80 bits per heavy atom. The minimum absolute atomic E-state index is 0.0895. The molecule has 9 nitrogen and oxygen atoms in total. The summed E-state index contributed by atoms with van der Waals surface area (Å²) >= 11 is 0. The number of ether oxygens (including phenoxy) is 1. The molecule has 35 heavy (non-hydrogen) atoms. The molecular weight excluding hydrogens is 444 g/mol. The first-order valence-corrected chi connectivity index (χ1v) is 12.9. The van der Waals surface area contributed by atoms with Crippen molar-refractivity contribution in [2.45, 2.75) is 62.8 Å². The van der Waals surface area contributed by atoms with Gasteiger partial charge in [0.1, 0.15) is 11.9 Å². The molecule has 4 unspecified atom stereocenters. The van der Waals surface area contributed by atoms with Crippen LogP contribution < -0.4 is 5.32 Å². The molecule has 4 atom stereocenters. The van der Waals surface area contributed by atoms with Gasteiger partial charge in [-0.05, 0) is 44.9 Å². The van der Waals surface area contributed by atoms with Crippen LogP contribution in [0, 0.1) is 0 Å². The molecule has 0 aliphatic carbocycles. The second kappa shape index (κ2) is 10.2. The third kappa shape index (κ3) is 4.69. The molecule has 2 aromatic rings. The maximum atomic E-state index is 13.2. The van der Waals surface area contributed by atoms with E-state index in [2.05, 4.69) is 32.8 Å². The van der Waals surface area contributed by atoms with E-state index in [1.807, 2.05) is 30.1 Å². The average molecular weight is 483 g/mol. The van der Waals surface area contributed by atoms with Gasteiger partial charge in [-0.25, -0.2) is 4.98 Å². The van der Waals surface area contributed by atoms with Crippen molar-refractivity contribution >= 4 is 22.8 Å². The number of imidazole rings is 1. The number of likely N-dealkylation sites (tertiary alicyclic amines) is 2. The molecule has 1 aromatic heterocycles. The summed E-state index contributed by atoms with van der Waals surface area (Å²) < 4.78 is 7.44. The lowest BCUT2D eigenvalue weighted by Crippen LogP contribution is -2.49. The summed E-state index contributed by atoms with van der Waals surface area (Å²) in [5.74, 6) is 1.27. The third-order valence-corrected chi connectivity index (χ3v) is 8.32. The van der Waals surface area contributed by atoms with Crippen LogP contribution in [0.1, 0.15) is 37.9 Å². The minimum atomic E-state index is -0.204. The van der Waals surface area contributed by atoms with Gasteiger partial charge in [0, 0.05) is 52.3 Å². The predicted octanol–water partition coefficient (Wildman–Crippen LogP) is 1.36. The number of likely N-dealkylation sites (N-methyl/N-ethyl adjacent to an activating group) is 1. The molecule has 0 spiro atoms. The van der Waals surface area contributed by atoms with Gasteiger partial charge in [0.15, 0.2) is 0 Å². The summed E-state index contributed by atoms with van der Waals surface area (Å²) in [4.78, 5) is 37.6. The number of fused-ring (bicyclic) bond motifs is 2. The number of methoxy groups -OCH3 is 1. The molecule has 1 N–H and O–H groups in total. The van der Waals surface area contributed by atoms with Crippen molar-refractivity contribution in [3.05, 3.63) is 30.1 Å². The Labute approximate surface area is 207 Å². The highest BCUT2D eigenvalue weighted by atomic mass is 16.5. The van der Waals surface area contributed by atoms with Crippen LogP contribution in [-0.4, -0.2) is 101 Å². The number of amides is 2. The predicted molar refractivity (Wildman–Crippen MR) is 134 cm³/mol. The summed E-state index contributed by atoms with van der Waals surface area (Å²) in [6, 6.07) is 8.43. The molecule has 1 aromatic carbocycles. The topological polar surface area (TPSA) is 82.9 Å². The smallest absolute Gasteiger partial charge is 0.239 e. The molecule has 4 heterocycles. The number of para-hydroxylation sites is 2. The number of nitrogens with zero attached hydrogens (tertiary/aromatic N) is 5. The normalized spacial score (nSPS) is 27.9. The monoisotopic (exact) mass is 482 g/mol. The van der Waals surface area contributed by atoms with Crippen LogP contribution in [-0.2, 0) is 27.9 Å². The van der Waals surface area contributed by atoms with Crippen LogP contribution in [0.2, 0.25) is 0 Å². The Bertz CT molecular complexity index is 1070. The van der Waals surface area contributed by atoms with Crippen LogP contribution in [0.15, 0.2) is 24.3 Å². The molecule has 0 saturated carbocycles. The minimum Gasteiger partial charge on any atom is -0.383 e. The van der Waals surface area contributed by atoms with Crippen molar-refractivity contribution in [3.8, 4) is 0 Å². The zero-order valence-corrected chi connectivity index (χ0v) is 21.2. The van der Waals surface area contributed by atoms with Crippen LogP contribution >= 0.6 is 0 Å². The summed E-state index contributed by atoms with van der Waals surface area (Å²) in [6.45, 7) is 3.51. The molecule has 0 bridgehead atoms. The van der Waals surface area contributed by atoms with Crippen molar-refractivity contribution < 1.29 is 14.3 Å². The highest BCUT2D eigenvalue weighted by molar-refractivity contribution is 5.83. The van der Waals surface area contributed by atoms with Crippen LogP contribution in [0.25, 0.3) is 11.0 Å². The van der Waals surface area contributed by atoms with Crippen molar-refractivity contribution in [2.24, 2.45) is 7.05 Å². The molecule has 0 radical (unpaired) electrons. The number of carbonyl (C=O) groups is 2. The van der Waals surface area contributed by atoms with Gasteiger partial charge in [0.05, 0.1) is 30.2 Å². The summed E-state index contributed by atoms with van der Waals surface area (Å²) in [5, 5.41) is 3.18. The number of hydrogen-bond acceptors (Lipinski definition) is 6. The Morgan fingerprint density at radius 2 is 2.00 bits per heavy atom. The van der Waals surface area contributed by atoms with E-state index >= 15 is 0 Å². The van der Waals surface area contributed by atoms with Gasteiger partial charge >= 0.3 is 0 Å². The van der Waals surface area contributed by atoms with E-state index < -0.39 is 0 Å². The molecule has 2 amide bonds. The van der Waals surface area contributed by atoms with Crippen molar-refractivity contribution in [3.63, 3.8) is 0 Å². The summed E-state index contributed by atoms with van der Waals surface area (Å²) in [5.41, 5.74) is 2.09. The van der Waals surface area contributed by atoms with Crippen molar-refractivity contribution in [1.82, 2.24) is 29.6 Å². The Morgan fingerprint density at radius 1 is 1.17 bits per heavy atom. The largest absolute Gasteiger partial charge is 0.383 e. The first-order chi connectivity index (χ1) is 17.0. The molecule has 3 aliphatic rings. The van der Waals surface area contributed by atoms with Gasteiger partial charge < -0.3 is 19.5 Å². The summed E-state index contributed by atoms with van der Waals surface area (Å²) in [6.07, 6.45) is 4.26. The lowest BCUT2D eigenvalue weighted by atomic mass is 10.0. The van der Waals surface area contributed by atoms with Crippen LogP contribution in [0.4, 0.5) is 0 Å². The number of nitrogens with one attached hydrogen (secondary N) is 1. The standard InChI is InChI=1S/C26H38N6O3/c1-29-18(10-11-24(33)32-13-6-7-19(32)17-35-3)15-27-26(34)25-22(29)12-14-31(25)16-23-28-20-8-4-5-9-21(20)30(23)2/h4-5,8-9,18-19,22,25H,6-7,10-17H2,1-3H3,(H,27,34). The molecule has 9 heteroatoms. The van der Waals surface area contributed by atoms with E-state index in [-0.39, 0.29) is 36.0 Å². The van der Waals surface area contributed by atoms with E-state index in [0.717, 1.165) is 55.6 Å². The van der Waals surface area contributed by atoms with E-state index in [4.69, 9.17) is 9.72 Å². The van der Waals surface area contributed by atoms with Crippen molar-refractivity contribution in [2.75, 3.05) is 40.4 Å². The highest BCUT2D eigenvalue weighted by Crippen LogP contribution is 2.29. The maximum Gasteiger partial charge on any atom is 0.239 e. The van der Waals surface area contributed by atoms with Crippen LogP contribution in [0.5, 0.6) is 0 Å². The van der Waals surface area contributed by atoms with E-state index in [1.54, 1.807) is 7.11 Å². The van der Waals surface area contributed by atoms with Gasteiger partial charge in [-0.3, -0.25) is 19.4 Å². The molecule has 3 aliphatic heterocycles. The van der Waals surface area contributed by atoms with Crippen LogP contribution in [0.3, 0.4) is 0 Å². The number of benzene rings is 1. The SMILES string of the molecule is COCC1CCCN1C(=O)CCC1CNC(=O)C2C(CCN2Cc2nc3ccccc3n2C)N1C. The number of carbonyl (C=O) groups excluding carboxylic acids is 2. The lowest BCUT2D eigenvalue weighted by Gasteiger charge is -2.33. The van der Waals surface area contributed by atoms with Gasteiger partial charge in [0.2, 0.25) is 11.8 Å². The highest BCUT2D eigenvalue weighted by Gasteiger charge is 2.45. The fourth-order valence-corrected chi connectivity index (χ4v) is 6.31. The Balaban J connectivity index is 1.24. The zero-order chi connectivity index (χ0) is 24.5. The quantitative estimate of drug-likeness (QED) is 0.642. The molecule has 3 saturated heterocycles. The number of aromatic nitrogens is 2. The molecular formula is C26H38N6O3. The fourth-order valence-electron chi connectivity index (χ4n) is 6.31. The third-order valence-electron chi connectivity index (χ3n) is 8.32. The first-order valence-electron chi connectivity index (χ1n) is 12.9. The van der Waals surface area contributed by atoms with Gasteiger partial charge in [-0.2, -0.15) is 0 Å². The molecule has 190 valence electrons. The Hall–Kier alpha value is -2.49. The van der Waals surface area contributed by atoms with E-state index in [9.17, 15) is 9.59 Å². The zero-order valence-electron chi connectivity index (χ0n) is 21.2. The van der Waals surface area contributed by atoms with E-state index in [0.29, 0.717) is 26.1 Å². The van der Waals surface area contributed by atoms with E-state index in [1.165, 1.54) is 0 Å². The lowest BCUT2D eigenvalue weighted by molar-refractivity contribution is -0.133. The summed E-state index contributed by atoms with van der Waals surface area (Å²) in [7, 11) is 5.86. The Kier molecular flexibility index (Phi) is 7.09. The maximum absolute atomic E-state index is 13.2. The second-order valence-corrected chi connectivity index (χ2v) is 10.3. The molecule has 3 fully saturated rings. The van der Waals surface area contributed by atoms with Gasteiger partial charge in [-0.1, -0.05) is 12.1 Å². The number of aryl methyl sites for hydroxylation is 1. The van der Waals surface area contributed by atoms with Crippen molar-refractivity contribution in [1.29, 1.82) is 0 Å². The fraction of sp³-hybridized carbons (Fsp3) is 0.654. The molecule has 5 rings (SSSR count). The average Bonchev–Trinajstić information content (AvgIpc) is 3.55. The number of rotatable bonds is 7. The number of hydrogen-bond donors (Lipinski definition) is 1. The second-order valence-electron chi connectivity index (χ2n) is 10.3.